The second-order valence-corrected chi connectivity index (χ2v) is 10.7. The number of para-hydroxylation sites is 1. The van der Waals surface area contributed by atoms with E-state index in [4.69, 9.17) is 14.2 Å². The summed E-state index contributed by atoms with van der Waals surface area (Å²) in [6.45, 7) is 0. The summed E-state index contributed by atoms with van der Waals surface area (Å²) in [5.74, 6) is 1.01. The monoisotopic (exact) mass is 532 g/mol. The molecule has 3 aromatic rings. The van der Waals surface area contributed by atoms with Crippen molar-refractivity contribution in [2.45, 2.75) is 50.2 Å². The Bertz CT molecular complexity index is 1330. The Kier molecular flexibility index (Phi) is 7.69. The maximum atomic E-state index is 13.7. The number of thiophene rings is 1. The molecule has 0 bridgehead atoms. The van der Waals surface area contributed by atoms with Gasteiger partial charge >= 0.3 is 0 Å². The van der Waals surface area contributed by atoms with Gasteiger partial charge in [0.2, 0.25) is 0 Å². The molecule has 2 aromatic carbocycles. The summed E-state index contributed by atoms with van der Waals surface area (Å²) in [7, 11) is 3.05. The molecule has 1 saturated carbocycles. The average molecular weight is 533 g/mol. The molecule has 1 unspecified atom stereocenters. The number of ether oxygens (including phenoxy) is 3. The van der Waals surface area contributed by atoms with Crippen molar-refractivity contribution >= 4 is 29.2 Å². The molecule has 2 heterocycles. The molecule has 1 aromatic heterocycles. The highest BCUT2D eigenvalue weighted by Crippen LogP contribution is 2.46. The molecule has 1 atom stereocenters. The van der Waals surface area contributed by atoms with Crippen molar-refractivity contribution < 1.29 is 23.8 Å². The zero-order valence-corrected chi connectivity index (χ0v) is 22.4. The molecule has 7 nitrogen and oxygen atoms in total. The van der Waals surface area contributed by atoms with Crippen molar-refractivity contribution in [2.75, 3.05) is 14.2 Å². The number of hydrogen-bond acceptors (Lipinski definition) is 6. The molecule has 1 aliphatic carbocycles. The normalized spacial score (nSPS) is 18.2. The molecule has 1 spiro atoms. The van der Waals surface area contributed by atoms with Crippen molar-refractivity contribution in [3.05, 3.63) is 81.7 Å². The molecule has 0 saturated heterocycles. The molecule has 2 N–H and O–H groups in total. The molecule has 8 heteroatoms. The Labute approximate surface area is 226 Å². The van der Waals surface area contributed by atoms with Crippen LogP contribution < -0.4 is 24.8 Å². The first-order valence-corrected chi connectivity index (χ1v) is 13.8. The van der Waals surface area contributed by atoms with Crippen molar-refractivity contribution in [3.63, 3.8) is 0 Å². The van der Waals surface area contributed by atoms with Gasteiger partial charge in [-0.05, 0) is 67.5 Å². The predicted octanol–water partition coefficient (Wildman–Crippen LogP) is 5.88. The minimum Gasteiger partial charge on any atom is -0.493 e. The first kappa shape index (κ1) is 25.9. The smallest absolute Gasteiger partial charge is 0.268 e. The Morgan fingerprint density at radius 2 is 1.79 bits per heavy atom. The van der Waals surface area contributed by atoms with Crippen LogP contribution in [0.5, 0.6) is 17.2 Å². The lowest BCUT2D eigenvalue weighted by Crippen LogP contribution is -2.47. The summed E-state index contributed by atoms with van der Waals surface area (Å²) in [5, 5.41) is 7.98. The van der Waals surface area contributed by atoms with Crippen molar-refractivity contribution in [2.24, 2.45) is 0 Å². The topological polar surface area (TPSA) is 85.9 Å². The lowest BCUT2D eigenvalue weighted by atomic mass is 9.77. The number of fused-ring (bicyclic) bond motifs is 1. The van der Waals surface area contributed by atoms with Gasteiger partial charge in [-0.15, -0.1) is 11.3 Å². The van der Waals surface area contributed by atoms with Crippen LogP contribution in [-0.4, -0.2) is 31.6 Å². The van der Waals surface area contributed by atoms with E-state index in [1.807, 2.05) is 41.8 Å². The van der Waals surface area contributed by atoms with Gasteiger partial charge in [-0.2, -0.15) is 0 Å². The number of carbonyl (C=O) groups excluding carboxylic acids is 2. The van der Waals surface area contributed by atoms with Gasteiger partial charge in [0.25, 0.3) is 11.8 Å². The van der Waals surface area contributed by atoms with Crippen LogP contribution in [0.4, 0.5) is 0 Å². The van der Waals surface area contributed by atoms with Crippen LogP contribution in [0.15, 0.2) is 65.7 Å². The number of amides is 2. The van der Waals surface area contributed by atoms with E-state index in [0.29, 0.717) is 23.5 Å². The summed E-state index contributed by atoms with van der Waals surface area (Å²) >= 11 is 1.49. The second-order valence-electron chi connectivity index (χ2n) is 9.71. The average Bonchev–Trinajstić information content (AvgIpc) is 3.45. The fourth-order valence-electron chi connectivity index (χ4n) is 5.33. The molecule has 2 aliphatic rings. The third-order valence-electron chi connectivity index (χ3n) is 7.24. The molecule has 1 fully saturated rings. The van der Waals surface area contributed by atoms with E-state index in [1.54, 1.807) is 24.3 Å². The highest BCUT2D eigenvalue weighted by atomic mass is 32.1. The minimum absolute atomic E-state index is 0.175. The SMILES string of the molecule is COc1ccc(C(=O)N/C(=C\c2cccs2)C(=O)NC2CC3(CCCCC3)Oc3ccccc32)cc1OC. The Balaban J connectivity index is 1.41. The van der Waals surface area contributed by atoms with Crippen molar-refractivity contribution in [1.82, 2.24) is 10.6 Å². The molecule has 5 rings (SSSR count). The first-order valence-electron chi connectivity index (χ1n) is 12.9. The van der Waals surface area contributed by atoms with Crippen LogP contribution in [-0.2, 0) is 4.79 Å². The van der Waals surface area contributed by atoms with E-state index in [9.17, 15) is 9.59 Å². The number of rotatable bonds is 7. The van der Waals surface area contributed by atoms with Crippen LogP contribution in [0, 0.1) is 0 Å². The standard InChI is InChI=1S/C30H32N2O5S/c1-35-26-13-12-20(17-27(26)36-2)28(33)31-23(18-21-9-8-16-38-21)29(34)32-24-19-30(14-6-3-7-15-30)37-25-11-5-4-10-22(24)25/h4-5,8-13,16-18,24H,3,6-7,14-15,19H2,1-2H3,(H,31,33)(H,32,34)/b23-18-. The fourth-order valence-corrected chi connectivity index (χ4v) is 5.99. The van der Waals surface area contributed by atoms with Gasteiger partial charge in [-0.3, -0.25) is 9.59 Å². The van der Waals surface area contributed by atoms with Crippen LogP contribution in [0.3, 0.4) is 0 Å². The van der Waals surface area contributed by atoms with Gasteiger partial charge < -0.3 is 24.8 Å². The van der Waals surface area contributed by atoms with Gasteiger partial charge in [0.1, 0.15) is 17.0 Å². The highest BCUT2D eigenvalue weighted by Gasteiger charge is 2.42. The minimum atomic E-state index is -0.417. The van der Waals surface area contributed by atoms with E-state index in [-0.39, 0.29) is 23.2 Å². The largest absolute Gasteiger partial charge is 0.493 e. The van der Waals surface area contributed by atoms with Crippen LogP contribution in [0.2, 0.25) is 0 Å². The van der Waals surface area contributed by atoms with Crippen LogP contribution >= 0.6 is 11.3 Å². The molecule has 2 amide bonds. The predicted molar refractivity (Wildman–Crippen MR) is 148 cm³/mol. The van der Waals surface area contributed by atoms with E-state index in [2.05, 4.69) is 10.6 Å². The zero-order chi connectivity index (χ0) is 26.5. The summed E-state index contributed by atoms with van der Waals surface area (Å²) in [5.41, 5.74) is 1.21. The summed E-state index contributed by atoms with van der Waals surface area (Å²) in [6, 6.07) is 16.4. The number of nitrogens with one attached hydrogen (secondary N) is 2. The highest BCUT2D eigenvalue weighted by molar-refractivity contribution is 7.10. The third kappa shape index (κ3) is 5.55. The zero-order valence-electron chi connectivity index (χ0n) is 21.6. The Morgan fingerprint density at radius 3 is 2.53 bits per heavy atom. The number of carbonyl (C=O) groups is 2. The lowest BCUT2D eigenvalue weighted by molar-refractivity contribution is -0.119. The number of methoxy groups -OCH3 is 2. The number of benzene rings is 2. The summed E-state index contributed by atoms with van der Waals surface area (Å²) in [6.07, 6.45) is 7.80. The van der Waals surface area contributed by atoms with Gasteiger partial charge in [-0.25, -0.2) is 0 Å². The molecule has 198 valence electrons. The lowest BCUT2D eigenvalue weighted by Gasteiger charge is -2.44. The molecular weight excluding hydrogens is 500 g/mol. The van der Waals surface area contributed by atoms with E-state index in [1.165, 1.54) is 32.0 Å². The van der Waals surface area contributed by atoms with Crippen molar-refractivity contribution in [3.8, 4) is 17.2 Å². The maximum Gasteiger partial charge on any atom is 0.268 e. The van der Waals surface area contributed by atoms with Crippen molar-refractivity contribution in [1.29, 1.82) is 0 Å². The third-order valence-corrected chi connectivity index (χ3v) is 8.05. The summed E-state index contributed by atoms with van der Waals surface area (Å²) in [4.78, 5) is 27.8. The molecule has 1 aliphatic heterocycles. The van der Waals surface area contributed by atoms with E-state index < -0.39 is 5.91 Å². The Morgan fingerprint density at radius 1 is 1.00 bits per heavy atom. The van der Waals surface area contributed by atoms with Gasteiger partial charge in [-0.1, -0.05) is 30.7 Å². The second kappa shape index (κ2) is 11.3. The van der Waals surface area contributed by atoms with Gasteiger partial charge in [0.15, 0.2) is 11.5 Å². The van der Waals surface area contributed by atoms with Crippen LogP contribution in [0.25, 0.3) is 6.08 Å². The summed E-state index contributed by atoms with van der Waals surface area (Å²) < 4.78 is 17.1. The first-order chi connectivity index (χ1) is 18.5. The molecular formula is C30H32N2O5S. The van der Waals surface area contributed by atoms with Gasteiger partial charge in [0, 0.05) is 22.4 Å². The van der Waals surface area contributed by atoms with E-state index >= 15 is 0 Å². The number of hydrogen-bond donors (Lipinski definition) is 2. The van der Waals surface area contributed by atoms with Gasteiger partial charge in [0.05, 0.1) is 20.3 Å². The molecule has 0 radical (unpaired) electrons. The quantitative estimate of drug-likeness (QED) is 0.371. The molecule has 38 heavy (non-hydrogen) atoms. The maximum absolute atomic E-state index is 13.7. The van der Waals surface area contributed by atoms with Crippen LogP contribution in [0.1, 0.15) is 65.4 Å². The Hall–Kier alpha value is -3.78. The van der Waals surface area contributed by atoms with E-state index in [0.717, 1.165) is 41.9 Å². The fraction of sp³-hybridized carbons (Fsp3) is 0.333.